The van der Waals surface area contributed by atoms with Crippen LogP contribution in [0.25, 0.3) is 0 Å². The van der Waals surface area contributed by atoms with Crippen LogP contribution in [0.15, 0.2) is 48.5 Å². The third-order valence-corrected chi connectivity index (χ3v) is 3.51. The number of benzene rings is 2. The number of likely N-dealkylation sites (N-methyl/N-ethyl adjacent to an activating group) is 1. The number of hydrogen-bond donors (Lipinski definition) is 1. The lowest BCUT2D eigenvalue weighted by atomic mass is 9.92. The van der Waals surface area contributed by atoms with Crippen LogP contribution >= 0.6 is 11.6 Å². The van der Waals surface area contributed by atoms with Crippen molar-refractivity contribution >= 4 is 11.6 Å². The van der Waals surface area contributed by atoms with Crippen LogP contribution in [-0.4, -0.2) is 13.6 Å². The maximum Gasteiger partial charge on any atom is 0.123 e. The lowest BCUT2D eigenvalue weighted by Crippen LogP contribution is -2.19. The van der Waals surface area contributed by atoms with E-state index >= 15 is 0 Å². The van der Waals surface area contributed by atoms with E-state index in [0.717, 1.165) is 29.1 Å². The molecular weight excluding hydrogens is 261 g/mol. The molecule has 0 bridgehead atoms. The fraction of sp³-hybridized carbons (Fsp3) is 0.250. The molecule has 3 heteroatoms. The molecule has 1 atom stereocenters. The summed E-state index contributed by atoms with van der Waals surface area (Å²) >= 11 is 6.25. The molecule has 0 aliphatic rings. The van der Waals surface area contributed by atoms with Gasteiger partial charge in [-0.2, -0.15) is 0 Å². The predicted molar refractivity (Wildman–Crippen MR) is 78.2 cm³/mol. The molecule has 2 aromatic carbocycles. The van der Waals surface area contributed by atoms with Crippen molar-refractivity contribution in [1.82, 2.24) is 5.32 Å². The number of hydrogen-bond acceptors (Lipinski definition) is 1. The van der Waals surface area contributed by atoms with Crippen molar-refractivity contribution < 1.29 is 4.39 Å². The van der Waals surface area contributed by atoms with Crippen molar-refractivity contribution in [2.24, 2.45) is 0 Å². The summed E-state index contributed by atoms with van der Waals surface area (Å²) in [6, 6.07) is 14.6. The lowest BCUT2D eigenvalue weighted by Gasteiger charge is -2.18. The highest BCUT2D eigenvalue weighted by Gasteiger charge is 2.14. The summed E-state index contributed by atoms with van der Waals surface area (Å²) in [6.07, 6.45) is 0.766. The van der Waals surface area contributed by atoms with Crippen LogP contribution in [0.4, 0.5) is 4.39 Å². The molecule has 0 fully saturated rings. The molecule has 0 aliphatic carbocycles. The second-order valence-electron chi connectivity index (χ2n) is 4.61. The van der Waals surface area contributed by atoms with Crippen molar-refractivity contribution in [2.75, 3.05) is 13.6 Å². The standard InChI is InChI=1S/C16H17ClFN/c1-19-11-13(15-7-2-3-8-16(15)17)9-12-5-4-6-14(18)10-12/h2-8,10,13,19H,9,11H2,1H3. The Balaban J connectivity index is 2.24. The average Bonchev–Trinajstić information content (AvgIpc) is 2.39. The summed E-state index contributed by atoms with van der Waals surface area (Å²) in [5, 5.41) is 3.94. The van der Waals surface area contributed by atoms with E-state index in [1.54, 1.807) is 12.1 Å². The average molecular weight is 278 g/mol. The molecule has 0 saturated carbocycles. The largest absolute Gasteiger partial charge is 0.319 e. The molecule has 100 valence electrons. The predicted octanol–water partition coefficient (Wildman–Crippen LogP) is 4.02. The molecule has 1 nitrogen and oxygen atoms in total. The molecule has 0 aliphatic heterocycles. The maximum atomic E-state index is 13.2. The highest BCUT2D eigenvalue weighted by Crippen LogP contribution is 2.27. The monoisotopic (exact) mass is 277 g/mol. The van der Waals surface area contributed by atoms with Gasteiger partial charge in [-0.05, 0) is 42.8 Å². The molecule has 1 unspecified atom stereocenters. The van der Waals surface area contributed by atoms with Gasteiger partial charge in [0.25, 0.3) is 0 Å². The second-order valence-corrected chi connectivity index (χ2v) is 5.02. The van der Waals surface area contributed by atoms with Crippen LogP contribution in [-0.2, 0) is 6.42 Å². The van der Waals surface area contributed by atoms with Crippen LogP contribution in [0.5, 0.6) is 0 Å². The molecule has 2 rings (SSSR count). The van der Waals surface area contributed by atoms with E-state index in [4.69, 9.17) is 11.6 Å². The molecule has 2 aromatic rings. The van der Waals surface area contributed by atoms with Crippen LogP contribution in [0.3, 0.4) is 0 Å². The van der Waals surface area contributed by atoms with Gasteiger partial charge in [0, 0.05) is 17.5 Å². The zero-order chi connectivity index (χ0) is 13.7. The highest BCUT2D eigenvalue weighted by molar-refractivity contribution is 6.31. The van der Waals surface area contributed by atoms with Crippen molar-refractivity contribution in [2.45, 2.75) is 12.3 Å². The van der Waals surface area contributed by atoms with Gasteiger partial charge in [-0.15, -0.1) is 0 Å². The van der Waals surface area contributed by atoms with E-state index in [0.29, 0.717) is 0 Å². The van der Waals surface area contributed by atoms with Gasteiger partial charge in [-0.1, -0.05) is 41.9 Å². The quantitative estimate of drug-likeness (QED) is 0.870. The van der Waals surface area contributed by atoms with Crippen molar-refractivity contribution in [3.63, 3.8) is 0 Å². The van der Waals surface area contributed by atoms with Gasteiger partial charge in [-0.3, -0.25) is 0 Å². The third-order valence-electron chi connectivity index (χ3n) is 3.17. The maximum absolute atomic E-state index is 13.2. The van der Waals surface area contributed by atoms with Crippen molar-refractivity contribution in [3.8, 4) is 0 Å². The van der Waals surface area contributed by atoms with E-state index in [-0.39, 0.29) is 11.7 Å². The topological polar surface area (TPSA) is 12.0 Å². The summed E-state index contributed by atoms with van der Waals surface area (Å²) in [5.74, 6) is 0.0420. The number of rotatable bonds is 5. The van der Waals surface area contributed by atoms with E-state index < -0.39 is 0 Å². The Morgan fingerprint density at radius 1 is 1.16 bits per heavy atom. The Hall–Kier alpha value is -1.38. The van der Waals surface area contributed by atoms with Crippen LogP contribution in [0, 0.1) is 5.82 Å². The molecule has 0 aromatic heterocycles. The first kappa shape index (κ1) is 14.0. The second kappa shape index (κ2) is 6.69. The molecule has 0 radical (unpaired) electrons. The van der Waals surface area contributed by atoms with Crippen LogP contribution in [0.2, 0.25) is 5.02 Å². The summed E-state index contributed by atoms with van der Waals surface area (Å²) in [5.41, 5.74) is 2.09. The SMILES string of the molecule is CNCC(Cc1cccc(F)c1)c1ccccc1Cl. The van der Waals surface area contributed by atoms with Gasteiger partial charge in [0.1, 0.15) is 5.82 Å². The fourth-order valence-electron chi connectivity index (χ4n) is 2.29. The van der Waals surface area contributed by atoms with E-state index in [9.17, 15) is 4.39 Å². The highest BCUT2D eigenvalue weighted by atomic mass is 35.5. The summed E-state index contributed by atoms with van der Waals surface area (Å²) in [6.45, 7) is 0.806. The Bertz CT molecular complexity index is 542. The Labute approximate surface area is 118 Å². The van der Waals surface area contributed by atoms with Gasteiger partial charge in [-0.25, -0.2) is 4.39 Å². The Morgan fingerprint density at radius 2 is 1.95 bits per heavy atom. The van der Waals surface area contributed by atoms with E-state index in [2.05, 4.69) is 5.32 Å². The van der Waals surface area contributed by atoms with Gasteiger partial charge in [0.15, 0.2) is 0 Å². The molecule has 0 heterocycles. The summed E-state index contributed by atoms with van der Waals surface area (Å²) in [4.78, 5) is 0. The Kier molecular flexibility index (Phi) is 4.94. The zero-order valence-electron chi connectivity index (χ0n) is 10.9. The zero-order valence-corrected chi connectivity index (χ0v) is 11.6. The van der Waals surface area contributed by atoms with Gasteiger partial charge >= 0.3 is 0 Å². The first-order valence-corrected chi connectivity index (χ1v) is 6.72. The minimum atomic E-state index is -0.195. The normalized spacial score (nSPS) is 12.4. The number of nitrogens with one attached hydrogen (secondary N) is 1. The fourth-order valence-corrected chi connectivity index (χ4v) is 2.58. The number of halogens is 2. The molecular formula is C16H17ClFN. The van der Waals surface area contributed by atoms with Crippen LogP contribution < -0.4 is 5.32 Å². The molecule has 0 amide bonds. The minimum Gasteiger partial charge on any atom is -0.319 e. The van der Waals surface area contributed by atoms with Gasteiger partial charge in [0.05, 0.1) is 0 Å². The van der Waals surface area contributed by atoms with Crippen LogP contribution in [0.1, 0.15) is 17.0 Å². The minimum absolute atomic E-state index is 0.195. The molecule has 0 saturated heterocycles. The summed E-state index contributed by atoms with van der Waals surface area (Å²) in [7, 11) is 1.91. The van der Waals surface area contributed by atoms with E-state index in [1.807, 2.05) is 37.4 Å². The third kappa shape index (κ3) is 3.79. The first-order chi connectivity index (χ1) is 9.20. The van der Waals surface area contributed by atoms with Gasteiger partial charge < -0.3 is 5.32 Å². The van der Waals surface area contributed by atoms with Crippen molar-refractivity contribution in [3.05, 3.63) is 70.5 Å². The molecule has 1 N–H and O–H groups in total. The smallest absolute Gasteiger partial charge is 0.123 e. The first-order valence-electron chi connectivity index (χ1n) is 6.34. The molecule has 19 heavy (non-hydrogen) atoms. The van der Waals surface area contributed by atoms with E-state index in [1.165, 1.54) is 6.07 Å². The Morgan fingerprint density at radius 3 is 2.63 bits per heavy atom. The summed E-state index contributed by atoms with van der Waals surface area (Å²) < 4.78 is 13.2. The van der Waals surface area contributed by atoms with Gasteiger partial charge in [0.2, 0.25) is 0 Å². The lowest BCUT2D eigenvalue weighted by molar-refractivity contribution is 0.608. The van der Waals surface area contributed by atoms with Crippen molar-refractivity contribution in [1.29, 1.82) is 0 Å². The molecule has 0 spiro atoms.